The first-order chi connectivity index (χ1) is 11.4. The Morgan fingerprint density at radius 2 is 2.00 bits per heavy atom. The Morgan fingerprint density at radius 1 is 1.25 bits per heavy atom. The van der Waals surface area contributed by atoms with E-state index in [9.17, 15) is 9.59 Å². The number of rotatable bonds is 2. The second-order valence-corrected chi connectivity index (χ2v) is 8.24. The number of carbonyl (C=O) groups excluding carboxylic acids is 2. The van der Waals surface area contributed by atoms with Crippen LogP contribution in [0.5, 0.6) is 0 Å². The summed E-state index contributed by atoms with van der Waals surface area (Å²) in [5.74, 6) is 0.231. The summed E-state index contributed by atoms with van der Waals surface area (Å²) in [7, 11) is 3.49. The highest BCUT2D eigenvalue weighted by Crippen LogP contribution is 2.35. The van der Waals surface area contributed by atoms with Crippen molar-refractivity contribution in [2.75, 3.05) is 27.2 Å². The molecule has 2 amide bonds. The van der Waals surface area contributed by atoms with Gasteiger partial charge in [-0.1, -0.05) is 19.1 Å². The number of nitrogens with zero attached hydrogens (tertiary/aromatic N) is 3. The maximum Gasteiger partial charge on any atom is 0.282 e. The van der Waals surface area contributed by atoms with E-state index in [1.54, 1.807) is 19.0 Å². The minimum absolute atomic E-state index is 0.0393. The molecule has 1 aromatic heterocycles. The Bertz CT molecular complexity index is 654. The van der Waals surface area contributed by atoms with E-state index in [0.717, 1.165) is 49.2 Å². The van der Waals surface area contributed by atoms with E-state index in [1.165, 1.54) is 11.3 Å². The summed E-state index contributed by atoms with van der Waals surface area (Å²) in [5.41, 5.74) is 0.737. The van der Waals surface area contributed by atoms with Crippen LogP contribution in [-0.2, 0) is 17.6 Å². The number of thiazole rings is 1. The molecule has 1 unspecified atom stereocenters. The zero-order chi connectivity index (χ0) is 17.3. The lowest BCUT2D eigenvalue weighted by Gasteiger charge is -2.35. The van der Waals surface area contributed by atoms with Gasteiger partial charge in [0.1, 0.15) is 0 Å². The van der Waals surface area contributed by atoms with Crippen molar-refractivity contribution >= 4 is 23.2 Å². The number of allylic oxidation sites excluding steroid dienone is 2. The molecule has 5 nitrogen and oxygen atoms in total. The molecule has 1 aliphatic carbocycles. The summed E-state index contributed by atoms with van der Waals surface area (Å²) in [4.78, 5) is 34.3. The molecule has 0 spiro atoms. The number of aromatic nitrogens is 1. The third-order valence-electron chi connectivity index (χ3n) is 5.00. The molecule has 0 saturated heterocycles. The van der Waals surface area contributed by atoms with Gasteiger partial charge in [0.25, 0.3) is 5.91 Å². The smallest absolute Gasteiger partial charge is 0.282 e. The molecule has 0 aromatic carbocycles. The first kappa shape index (κ1) is 17.1. The molecule has 0 saturated carbocycles. The second-order valence-electron chi connectivity index (χ2n) is 7.16. The lowest BCUT2D eigenvalue weighted by atomic mass is 9.77. The van der Waals surface area contributed by atoms with Gasteiger partial charge in [0.15, 0.2) is 5.01 Å². The van der Waals surface area contributed by atoms with Gasteiger partial charge in [-0.05, 0) is 19.3 Å². The van der Waals surface area contributed by atoms with Crippen molar-refractivity contribution in [2.24, 2.45) is 5.41 Å². The van der Waals surface area contributed by atoms with E-state index in [-0.39, 0.29) is 17.2 Å². The minimum Gasteiger partial charge on any atom is -0.343 e. The van der Waals surface area contributed by atoms with Crippen molar-refractivity contribution in [2.45, 2.75) is 39.0 Å². The van der Waals surface area contributed by atoms with Crippen LogP contribution in [0, 0.1) is 5.41 Å². The van der Waals surface area contributed by atoms with Gasteiger partial charge < -0.3 is 9.80 Å². The molecule has 0 bridgehead atoms. The third kappa shape index (κ3) is 3.24. The molecule has 1 aromatic rings. The number of hydrogen-bond donors (Lipinski definition) is 0. The van der Waals surface area contributed by atoms with Gasteiger partial charge in [-0.15, -0.1) is 11.3 Å². The predicted molar refractivity (Wildman–Crippen MR) is 95.2 cm³/mol. The van der Waals surface area contributed by atoms with Crippen LogP contribution >= 0.6 is 11.3 Å². The Morgan fingerprint density at radius 3 is 2.67 bits per heavy atom. The molecule has 2 aliphatic rings. The molecule has 1 aliphatic heterocycles. The number of hydrogen-bond acceptors (Lipinski definition) is 4. The minimum atomic E-state index is -0.258. The van der Waals surface area contributed by atoms with Crippen molar-refractivity contribution < 1.29 is 9.59 Å². The topological polar surface area (TPSA) is 53.5 Å². The fraction of sp³-hybridized carbons (Fsp3) is 0.611. The van der Waals surface area contributed by atoms with Crippen LogP contribution in [0.2, 0.25) is 0 Å². The zero-order valence-corrected chi connectivity index (χ0v) is 15.5. The van der Waals surface area contributed by atoms with E-state index < -0.39 is 0 Å². The Balaban J connectivity index is 1.70. The Kier molecular flexibility index (Phi) is 4.76. The predicted octanol–water partition coefficient (Wildman–Crippen LogP) is 2.52. The fourth-order valence-corrected chi connectivity index (χ4v) is 4.51. The molecule has 0 fully saturated rings. The highest BCUT2D eigenvalue weighted by molar-refractivity contribution is 7.13. The first-order valence-electron chi connectivity index (χ1n) is 8.55. The average Bonchev–Trinajstić information content (AvgIpc) is 2.87. The average molecular weight is 347 g/mol. The molecule has 130 valence electrons. The molecule has 2 heterocycles. The van der Waals surface area contributed by atoms with Crippen LogP contribution in [0.1, 0.15) is 46.6 Å². The summed E-state index contributed by atoms with van der Waals surface area (Å²) >= 11 is 1.48. The van der Waals surface area contributed by atoms with E-state index >= 15 is 0 Å². The largest absolute Gasteiger partial charge is 0.343 e. The molecule has 24 heavy (non-hydrogen) atoms. The molecule has 0 radical (unpaired) electrons. The van der Waals surface area contributed by atoms with Crippen molar-refractivity contribution in [1.82, 2.24) is 14.8 Å². The lowest BCUT2D eigenvalue weighted by Crippen LogP contribution is -2.44. The molecule has 0 N–H and O–H groups in total. The van der Waals surface area contributed by atoms with E-state index in [0.29, 0.717) is 11.6 Å². The molecule has 6 heteroatoms. The quantitative estimate of drug-likeness (QED) is 0.773. The normalized spacial score (nSPS) is 23.5. The van der Waals surface area contributed by atoms with Crippen LogP contribution in [-0.4, -0.2) is 53.8 Å². The zero-order valence-electron chi connectivity index (χ0n) is 14.7. The first-order valence-corrected chi connectivity index (χ1v) is 9.37. The van der Waals surface area contributed by atoms with Gasteiger partial charge >= 0.3 is 0 Å². The van der Waals surface area contributed by atoms with Crippen LogP contribution in [0.15, 0.2) is 12.2 Å². The number of carbonyl (C=O) groups is 2. The molecular weight excluding hydrogens is 322 g/mol. The van der Waals surface area contributed by atoms with Gasteiger partial charge in [0.05, 0.1) is 11.1 Å². The summed E-state index contributed by atoms with van der Waals surface area (Å²) in [6, 6.07) is 0. The number of fused-ring (bicyclic) bond motifs is 1. The van der Waals surface area contributed by atoms with Crippen molar-refractivity contribution in [3.63, 3.8) is 0 Å². The maximum absolute atomic E-state index is 13.0. The molecule has 3 rings (SSSR count). The molecular formula is C18H25N3O2S. The monoisotopic (exact) mass is 347 g/mol. The second kappa shape index (κ2) is 6.67. The maximum atomic E-state index is 13.0. The van der Waals surface area contributed by atoms with E-state index in [4.69, 9.17) is 0 Å². The van der Waals surface area contributed by atoms with Crippen LogP contribution in [0.25, 0.3) is 0 Å². The summed E-state index contributed by atoms with van der Waals surface area (Å²) in [6.45, 7) is 3.51. The van der Waals surface area contributed by atoms with E-state index in [2.05, 4.69) is 24.1 Å². The van der Waals surface area contributed by atoms with Gasteiger partial charge in [-0.2, -0.15) is 0 Å². The Hall–Kier alpha value is -1.69. The highest BCUT2D eigenvalue weighted by atomic mass is 32.1. The van der Waals surface area contributed by atoms with Gasteiger partial charge in [-0.25, -0.2) is 4.98 Å². The highest BCUT2D eigenvalue weighted by Gasteiger charge is 2.37. The standard InChI is InChI=1S/C18H25N3O2S/c1-18(9-5-4-6-10-18)17(23)21-11-7-13-14(8-12-21)24-15(19-13)16(22)20(2)3/h4-5H,6-12H2,1-3H3. The number of amides is 2. The summed E-state index contributed by atoms with van der Waals surface area (Å²) < 4.78 is 0. The fourth-order valence-electron chi connectivity index (χ4n) is 3.39. The van der Waals surface area contributed by atoms with Gasteiger partial charge in [0.2, 0.25) is 5.91 Å². The van der Waals surface area contributed by atoms with Crippen molar-refractivity contribution in [3.8, 4) is 0 Å². The van der Waals surface area contributed by atoms with Crippen LogP contribution in [0.4, 0.5) is 0 Å². The summed E-state index contributed by atoms with van der Waals surface area (Å²) in [6.07, 6.45) is 8.60. The Labute approximate surface area is 147 Å². The van der Waals surface area contributed by atoms with Gasteiger partial charge in [-0.3, -0.25) is 9.59 Å². The van der Waals surface area contributed by atoms with Crippen molar-refractivity contribution in [3.05, 3.63) is 27.7 Å². The van der Waals surface area contributed by atoms with Crippen LogP contribution in [0.3, 0.4) is 0 Å². The van der Waals surface area contributed by atoms with Crippen LogP contribution < -0.4 is 0 Å². The van der Waals surface area contributed by atoms with Gasteiger partial charge in [0, 0.05) is 44.9 Å². The third-order valence-corrected chi connectivity index (χ3v) is 6.14. The molecule has 1 atom stereocenters. The van der Waals surface area contributed by atoms with E-state index in [1.807, 2.05) is 4.90 Å². The summed E-state index contributed by atoms with van der Waals surface area (Å²) in [5, 5.41) is 0.564. The van der Waals surface area contributed by atoms with Crippen molar-refractivity contribution in [1.29, 1.82) is 0 Å². The lowest BCUT2D eigenvalue weighted by molar-refractivity contribution is -0.141. The SMILES string of the molecule is CN(C)C(=O)c1nc2c(s1)CCN(C(=O)C1(C)CC=CCC1)CC2.